The molecule has 2 aromatic carbocycles. The van der Waals surface area contributed by atoms with Gasteiger partial charge in [-0.1, -0.05) is 39.7 Å². The third-order valence-corrected chi connectivity index (χ3v) is 4.70. The fraction of sp³-hybridized carbons (Fsp3) is 0.294. The van der Waals surface area contributed by atoms with Crippen LogP contribution in [0.25, 0.3) is 0 Å². The Bertz CT molecular complexity index is 632. The van der Waals surface area contributed by atoms with Gasteiger partial charge >= 0.3 is 0 Å². The van der Waals surface area contributed by atoms with Crippen LogP contribution in [-0.2, 0) is 0 Å². The first-order chi connectivity index (χ1) is 9.97. The summed E-state index contributed by atoms with van der Waals surface area (Å²) < 4.78 is 10.9. The van der Waals surface area contributed by atoms with Crippen molar-refractivity contribution in [1.29, 1.82) is 0 Å². The molecule has 0 spiro atoms. The minimum Gasteiger partial charge on any atom is -0.496 e. The topological polar surface area (TPSA) is 18.5 Å². The smallest absolute Gasteiger partial charge is 0.124 e. The van der Waals surface area contributed by atoms with E-state index >= 15 is 0 Å². The highest BCUT2D eigenvalue weighted by atomic mass is 79.9. The maximum atomic E-state index is 6.12. The molecule has 2 nitrogen and oxygen atoms in total. The predicted octanol–water partition coefficient (Wildman–Crippen LogP) is 5.46. The summed E-state index contributed by atoms with van der Waals surface area (Å²) in [6.07, 6.45) is 0. The van der Waals surface area contributed by atoms with Crippen molar-refractivity contribution < 1.29 is 9.47 Å². The van der Waals surface area contributed by atoms with Gasteiger partial charge in [-0.3, -0.25) is 0 Å². The van der Waals surface area contributed by atoms with E-state index in [1.807, 2.05) is 32.0 Å². The van der Waals surface area contributed by atoms with Gasteiger partial charge in [0.1, 0.15) is 11.5 Å². The van der Waals surface area contributed by atoms with Gasteiger partial charge in [-0.25, -0.2) is 0 Å². The number of hydrogen-bond donors (Lipinski definition) is 0. The highest BCUT2D eigenvalue weighted by Crippen LogP contribution is 2.40. The lowest BCUT2D eigenvalue weighted by molar-refractivity contribution is 0.408. The molecule has 2 rings (SSSR count). The van der Waals surface area contributed by atoms with Crippen molar-refractivity contribution in [3.8, 4) is 11.5 Å². The fourth-order valence-electron chi connectivity index (χ4n) is 2.53. The second kappa shape index (κ2) is 6.71. The maximum Gasteiger partial charge on any atom is 0.124 e. The average Bonchev–Trinajstić information content (AvgIpc) is 2.46. The molecule has 4 heteroatoms. The summed E-state index contributed by atoms with van der Waals surface area (Å²) in [4.78, 5) is 0.00876. The number of halogens is 2. The van der Waals surface area contributed by atoms with Crippen LogP contribution in [0, 0.1) is 13.8 Å². The van der Waals surface area contributed by atoms with Crippen LogP contribution in [0.3, 0.4) is 0 Å². The van der Waals surface area contributed by atoms with Crippen LogP contribution in [0.4, 0.5) is 0 Å². The molecular weight excluding hydrogens is 352 g/mol. The van der Waals surface area contributed by atoms with Crippen molar-refractivity contribution >= 4 is 27.5 Å². The maximum absolute atomic E-state index is 6.12. The first kappa shape index (κ1) is 16.2. The molecule has 112 valence electrons. The molecule has 1 atom stereocenters. The molecule has 0 aliphatic heterocycles. The first-order valence-corrected chi connectivity index (χ1v) is 7.90. The molecule has 0 bridgehead atoms. The zero-order chi connectivity index (χ0) is 15.6. The van der Waals surface area contributed by atoms with Crippen LogP contribution in [0.15, 0.2) is 30.3 Å². The lowest BCUT2D eigenvalue weighted by Gasteiger charge is -2.18. The number of ether oxygens (including phenoxy) is 2. The van der Waals surface area contributed by atoms with E-state index in [4.69, 9.17) is 21.1 Å². The molecule has 1 unspecified atom stereocenters. The summed E-state index contributed by atoms with van der Waals surface area (Å²) in [7, 11) is 3.36. The van der Waals surface area contributed by atoms with Gasteiger partial charge in [0, 0.05) is 10.6 Å². The summed E-state index contributed by atoms with van der Waals surface area (Å²) in [5, 5.41) is 0.692. The Labute approximate surface area is 139 Å². The number of aryl methyl sites for hydroxylation is 2. The Balaban J connectivity index is 2.50. The van der Waals surface area contributed by atoms with E-state index in [1.54, 1.807) is 14.2 Å². The Hall–Kier alpha value is -1.19. The van der Waals surface area contributed by atoms with Crippen LogP contribution in [0.5, 0.6) is 11.5 Å². The Kier molecular flexibility index (Phi) is 5.17. The fourth-order valence-corrected chi connectivity index (χ4v) is 3.34. The van der Waals surface area contributed by atoms with Gasteiger partial charge < -0.3 is 9.47 Å². The van der Waals surface area contributed by atoms with Gasteiger partial charge in [0.2, 0.25) is 0 Å². The van der Waals surface area contributed by atoms with Gasteiger partial charge in [-0.05, 0) is 48.7 Å². The van der Waals surface area contributed by atoms with Gasteiger partial charge in [0.25, 0.3) is 0 Å². The Morgan fingerprint density at radius 3 is 2.14 bits per heavy atom. The van der Waals surface area contributed by atoms with Crippen molar-refractivity contribution in [3.63, 3.8) is 0 Å². The minimum absolute atomic E-state index is 0.00876. The highest BCUT2D eigenvalue weighted by molar-refractivity contribution is 9.09. The standard InChI is InChI=1S/C17H18BrClO2/c1-10-7-12(8-11(2)17(10)21-4)16(18)14-9-13(19)5-6-15(14)20-3/h5-9,16H,1-4H3. The molecule has 0 amide bonds. The van der Waals surface area contributed by atoms with E-state index in [1.165, 1.54) is 0 Å². The monoisotopic (exact) mass is 368 g/mol. The summed E-state index contributed by atoms with van der Waals surface area (Å²) in [6.45, 7) is 4.09. The number of rotatable bonds is 4. The number of benzene rings is 2. The molecule has 0 radical (unpaired) electrons. The van der Waals surface area contributed by atoms with E-state index in [0.717, 1.165) is 33.8 Å². The van der Waals surface area contributed by atoms with Crippen LogP contribution < -0.4 is 9.47 Å². The Morgan fingerprint density at radius 1 is 1.00 bits per heavy atom. The molecule has 0 N–H and O–H groups in total. The van der Waals surface area contributed by atoms with Gasteiger partial charge in [0.15, 0.2) is 0 Å². The lowest BCUT2D eigenvalue weighted by Crippen LogP contribution is -2.00. The molecular formula is C17H18BrClO2. The lowest BCUT2D eigenvalue weighted by atomic mass is 9.99. The van der Waals surface area contributed by atoms with Crippen LogP contribution in [-0.4, -0.2) is 14.2 Å². The summed E-state index contributed by atoms with van der Waals surface area (Å²) in [6, 6.07) is 9.87. The SMILES string of the molecule is COc1ccc(Cl)cc1C(Br)c1cc(C)c(OC)c(C)c1. The van der Waals surface area contributed by atoms with E-state index in [0.29, 0.717) is 5.02 Å². The van der Waals surface area contributed by atoms with Gasteiger partial charge in [-0.2, -0.15) is 0 Å². The largest absolute Gasteiger partial charge is 0.496 e. The number of methoxy groups -OCH3 is 2. The third-order valence-electron chi connectivity index (χ3n) is 3.44. The van der Waals surface area contributed by atoms with Crippen molar-refractivity contribution in [1.82, 2.24) is 0 Å². The van der Waals surface area contributed by atoms with E-state index in [-0.39, 0.29) is 4.83 Å². The predicted molar refractivity (Wildman–Crippen MR) is 91.2 cm³/mol. The van der Waals surface area contributed by atoms with Gasteiger partial charge in [-0.15, -0.1) is 0 Å². The molecule has 2 aromatic rings. The zero-order valence-electron chi connectivity index (χ0n) is 12.5. The number of hydrogen-bond acceptors (Lipinski definition) is 2. The molecule has 0 heterocycles. The van der Waals surface area contributed by atoms with Crippen LogP contribution in [0.2, 0.25) is 5.02 Å². The van der Waals surface area contributed by atoms with Crippen molar-refractivity contribution in [2.45, 2.75) is 18.7 Å². The van der Waals surface area contributed by atoms with E-state index in [2.05, 4.69) is 28.1 Å². The normalized spacial score (nSPS) is 12.1. The summed E-state index contributed by atoms with van der Waals surface area (Å²) >= 11 is 9.87. The molecule has 0 fully saturated rings. The molecule has 0 saturated carbocycles. The zero-order valence-corrected chi connectivity index (χ0v) is 14.9. The van der Waals surface area contributed by atoms with Crippen molar-refractivity contribution in [3.05, 3.63) is 57.6 Å². The quantitative estimate of drug-likeness (QED) is 0.666. The first-order valence-electron chi connectivity index (χ1n) is 6.60. The van der Waals surface area contributed by atoms with E-state index < -0.39 is 0 Å². The van der Waals surface area contributed by atoms with E-state index in [9.17, 15) is 0 Å². The van der Waals surface area contributed by atoms with Crippen LogP contribution >= 0.6 is 27.5 Å². The molecule has 0 saturated heterocycles. The second-order valence-corrected chi connectivity index (χ2v) is 6.29. The number of alkyl halides is 1. The molecule has 21 heavy (non-hydrogen) atoms. The second-order valence-electron chi connectivity index (χ2n) is 4.94. The Morgan fingerprint density at radius 2 is 1.62 bits per heavy atom. The molecule has 0 aliphatic rings. The van der Waals surface area contributed by atoms with Gasteiger partial charge in [0.05, 0.1) is 19.0 Å². The summed E-state index contributed by atoms with van der Waals surface area (Å²) in [5.41, 5.74) is 4.37. The van der Waals surface area contributed by atoms with Crippen molar-refractivity contribution in [2.24, 2.45) is 0 Å². The average molecular weight is 370 g/mol. The summed E-state index contributed by atoms with van der Waals surface area (Å²) in [5.74, 6) is 1.74. The van der Waals surface area contributed by atoms with Crippen LogP contribution in [0.1, 0.15) is 27.1 Å². The minimum atomic E-state index is 0.00876. The third kappa shape index (κ3) is 3.35. The molecule has 0 aromatic heterocycles. The van der Waals surface area contributed by atoms with Crippen molar-refractivity contribution in [2.75, 3.05) is 14.2 Å². The molecule has 0 aliphatic carbocycles. The highest BCUT2D eigenvalue weighted by Gasteiger charge is 2.18.